The summed E-state index contributed by atoms with van der Waals surface area (Å²) in [5.41, 5.74) is 2.95. The van der Waals surface area contributed by atoms with Crippen LogP contribution >= 0.6 is 0 Å². The smallest absolute Gasteiger partial charge is 0.262 e. The zero-order valence-electron chi connectivity index (χ0n) is 13.5. The summed E-state index contributed by atoms with van der Waals surface area (Å²) in [4.78, 5) is -0.144. The van der Waals surface area contributed by atoms with E-state index in [9.17, 15) is 12.8 Å². The minimum atomic E-state index is -3.90. The van der Waals surface area contributed by atoms with Crippen molar-refractivity contribution in [1.82, 2.24) is 0 Å². The molecule has 6 heteroatoms. The van der Waals surface area contributed by atoms with Gasteiger partial charge in [0, 0.05) is 5.39 Å². The van der Waals surface area contributed by atoms with Crippen molar-refractivity contribution in [2.24, 2.45) is 0 Å². The molecular weight excluding hydrogens is 341 g/mol. The molecule has 25 heavy (non-hydrogen) atoms. The topological polar surface area (TPSA) is 55.4 Å². The van der Waals surface area contributed by atoms with E-state index in [0.29, 0.717) is 5.69 Å². The molecule has 0 saturated carbocycles. The summed E-state index contributed by atoms with van der Waals surface area (Å²) in [7, 11) is -2.57. The van der Waals surface area contributed by atoms with E-state index in [1.165, 1.54) is 30.4 Å². The molecule has 3 aromatic rings. The molecular formula is C19H16FNO3S. The molecule has 128 valence electrons. The van der Waals surface area contributed by atoms with Gasteiger partial charge in [-0.15, -0.1) is 0 Å². The first kappa shape index (κ1) is 15.9. The van der Waals surface area contributed by atoms with Crippen LogP contribution in [0.2, 0.25) is 0 Å². The predicted molar refractivity (Wildman–Crippen MR) is 95.1 cm³/mol. The molecule has 1 N–H and O–H groups in total. The molecule has 0 bridgehead atoms. The Bertz CT molecular complexity index is 1080. The van der Waals surface area contributed by atoms with E-state index in [1.807, 2.05) is 18.2 Å². The molecule has 4 nitrogen and oxygen atoms in total. The molecule has 0 radical (unpaired) electrons. The average Bonchev–Trinajstić information content (AvgIpc) is 3.02. The van der Waals surface area contributed by atoms with E-state index in [0.717, 1.165) is 29.7 Å². The maximum absolute atomic E-state index is 13.9. The minimum absolute atomic E-state index is 0.00397. The van der Waals surface area contributed by atoms with Crippen molar-refractivity contribution in [1.29, 1.82) is 0 Å². The van der Waals surface area contributed by atoms with Crippen molar-refractivity contribution in [3.05, 3.63) is 65.5 Å². The number of methoxy groups -OCH3 is 1. The van der Waals surface area contributed by atoms with Crippen LogP contribution in [0.15, 0.2) is 53.4 Å². The summed E-state index contributed by atoms with van der Waals surface area (Å²) < 4.78 is 46.6. The lowest BCUT2D eigenvalue weighted by molar-refractivity contribution is 0.385. The Morgan fingerprint density at radius 3 is 2.52 bits per heavy atom. The first-order chi connectivity index (χ1) is 12.0. The van der Waals surface area contributed by atoms with Crippen LogP contribution in [0.1, 0.15) is 11.1 Å². The summed E-state index contributed by atoms with van der Waals surface area (Å²) in [5, 5.41) is 1.98. The quantitative estimate of drug-likeness (QED) is 0.771. The molecule has 0 aliphatic heterocycles. The van der Waals surface area contributed by atoms with E-state index < -0.39 is 15.8 Å². The number of hydrogen-bond donors (Lipinski definition) is 1. The highest BCUT2D eigenvalue weighted by Gasteiger charge is 2.20. The minimum Gasteiger partial charge on any atom is -0.494 e. The zero-order chi connectivity index (χ0) is 17.6. The third kappa shape index (κ3) is 2.62. The first-order valence-electron chi connectivity index (χ1n) is 7.89. The Morgan fingerprint density at radius 2 is 1.80 bits per heavy atom. The highest BCUT2D eigenvalue weighted by molar-refractivity contribution is 7.92. The molecule has 0 amide bonds. The molecule has 1 aliphatic carbocycles. The fourth-order valence-electron chi connectivity index (χ4n) is 3.35. The lowest BCUT2D eigenvalue weighted by atomic mass is 10.0. The molecule has 0 spiro atoms. The number of aryl methyl sites for hydroxylation is 2. The van der Waals surface area contributed by atoms with Crippen LogP contribution in [0, 0.1) is 5.82 Å². The van der Waals surface area contributed by atoms with Crippen molar-refractivity contribution in [2.75, 3.05) is 11.8 Å². The fraction of sp³-hybridized carbons (Fsp3) is 0.158. The number of halogens is 1. The molecule has 4 rings (SSSR count). The van der Waals surface area contributed by atoms with E-state index in [-0.39, 0.29) is 10.6 Å². The molecule has 0 saturated heterocycles. The van der Waals surface area contributed by atoms with Crippen LogP contribution in [0.4, 0.5) is 10.1 Å². The lowest BCUT2D eigenvalue weighted by Gasteiger charge is -2.13. The van der Waals surface area contributed by atoms with Crippen molar-refractivity contribution >= 4 is 26.5 Å². The zero-order valence-corrected chi connectivity index (χ0v) is 14.4. The van der Waals surface area contributed by atoms with Gasteiger partial charge in [0.1, 0.15) is 0 Å². The van der Waals surface area contributed by atoms with Crippen LogP contribution < -0.4 is 9.46 Å². The Kier molecular flexibility index (Phi) is 3.65. The predicted octanol–water partition coefficient (Wildman–Crippen LogP) is 3.89. The van der Waals surface area contributed by atoms with Gasteiger partial charge in [-0.2, -0.15) is 0 Å². The van der Waals surface area contributed by atoms with E-state index in [4.69, 9.17) is 4.74 Å². The first-order valence-corrected chi connectivity index (χ1v) is 9.38. The van der Waals surface area contributed by atoms with Crippen LogP contribution in [0.3, 0.4) is 0 Å². The molecule has 0 aromatic heterocycles. The lowest BCUT2D eigenvalue weighted by Crippen LogP contribution is -2.13. The third-order valence-corrected chi connectivity index (χ3v) is 5.92. The molecule has 1 aliphatic rings. The van der Waals surface area contributed by atoms with Gasteiger partial charge in [0.2, 0.25) is 0 Å². The number of nitrogens with one attached hydrogen (secondary N) is 1. The van der Waals surface area contributed by atoms with Gasteiger partial charge >= 0.3 is 0 Å². The van der Waals surface area contributed by atoms with Crippen LogP contribution in [0.5, 0.6) is 5.75 Å². The summed E-state index contributed by atoms with van der Waals surface area (Å²) in [6.07, 6.45) is 1.93. The number of ether oxygens (including phenoxy) is 1. The number of sulfonamides is 1. The second kappa shape index (κ2) is 5.74. The molecule has 0 unspecified atom stereocenters. The second-order valence-electron chi connectivity index (χ2n) is 6.01. The molecule has 3 aromatic carbocycles. The molecule has 0 fully saturated rings. The second-order valence-corrected chi connectivity index (χ2v) is 7.70. The number of hydrogen-bond acceptors (Lipinski definition) is 3. The maximum Gasteiger partial charge on any atom is 0.262 e. The molecule has 0 heterocycles. The Hall–Kier alpha value is -2.60. The van der Waals surface area contributed by atoms with Gasteiger partial charge in [-0.05, 0) is 53.6 Å². The fourth-order valence-corrected chi connectivity index (χ4v) is 4.44. The van der Waals surface area contributed by atoms with Gasteiger partial charge in [0.15, 0.2) is 11.6 Å². The Morgan fingerprint density at radius 1 is 1.04 bits per heavy atom. The van der Waals surface area contributed by atoms with Gasteiger partial charge in [0.25, 0.3) is 10.0 Å². The van der Waals surface area contributed by atoms with Gasteiger partial charge in [-0.3, -0.25) is 4.72 Å². The Labute approximate surface area is 145 Å². The van der Waals surface area contributed by atoms with Gasteiger partial charge in [0.05, 0.1) is 17.7 Å². The SMILES string of the molecule is COc1ccc(S(=O)(=O)Nc2ccc3c4c(cccc24)CC3)cc1F. The van der Waals surface area contributed by atoms with Gasteiger partial charge in [-0.25, -0.2) is 12.8 Å². The van der Waals surface area contributed by atoms with Crippen molar-refractivity contribution in [3.8, 4) is 5.75 Å². The number of benzene rings is 3. The Balaban J connectivity index is 1.78. The average molecular weight is 357 g/mol. The van der Waals surface area contributed by atoms with Crippen LogP contribution in [-0.2, 0) is 22.9 Å². The van der Waals surface area contributed by atoms with E-state index in [2.05, 4.69) is 10.8 Å². The van der Waals surface area contributed by atoms with Crippen LogP contribution in [0.25, 0.3) is 10.8 Å². The maximum atomic E-state index is 13.9. The highest BCUT2D eigenvalue weighted by atomic mass is 32.2. The van der Waals surface area contributed by atoms with E-state index in [1.54, 1.807) is 6.07 Å². The summed E-state index contributed by atoms with van der Waals surface area (Å²) in [6, 6.07) is 13.2. The van der Waals surface area contributed by atoms with Gasteiger partial charge < -0.3 is 4.74 Å². The largest absolute Gasteiger partial charge is 0.494 e. The normalized spacial score (nSPS) is 13.2. The van der Waals surface area contributed by atoms with E-state index >= 15 is 0 Å². The monoisotopic (exact) mass is 357 g/mol. The third-order valence-electron chi connectivity index (χ3n) is 4.55. The van der Waals surface area contributed by atoms with Crippen molar-refractivity contribution < 1.29 is 17.5 Å². The highest BCUT2D eigenvalue weighted by Crippen LogP contribution is 2.36. The summed E-state index contributed by atoms with van der Waals surface area (Å²) in [5.74, 6) is -0.713. The van der Waals surface area contributed by atoms with Gasteiger partial charge in [-0.1, -0.05) is 24.3 Å². The number of anilines is 1. The number of rotatable bonds is 4. The summed E-state index contributed by atoms with van der Waals surface area (Å²) in [6.45, 7) is 0. The van der Waals surface area contributed by atoms with Crippen molar-refractivity contribution in [3.63, 3.8) is 0 Å². The van der Waals surface area contributed by atoms with Crippen LogP contribution in [-0.4, -0.2) is 15.5 Å². The summed E-state index contributed by atoms with van der Waals surface area (Å²) >= 11 is 0. The molecule has 0 atom stereocenters. The standard InChI is InChI=1S/C19H16FNO3S/c1-24-18-10-8-14(11-16(18)20)25(22,23)21-17-9-7-13-6-5-12-3-2-4-15(17)19(12)13/h2-4,7-11,21H,5-6H2,1H3. The van der Waals surface area contributed by atoms with Crippen molar-refractivity contribution in [2.45, 2.75) is 17.7 Å².